The van der Waals surface area contributed by atoms with Gasteiger partial charge in [0.05, 0.1) is 25.4 Å². The fraction of sp³-hybridized carbons (Fsp3) is 0.657. The molecule has 0 bridgehead atoms. The first kappa shape index (κ1) is 70.3. The minimum absolute atomic E-state index is 0.205. The van der Waals surface area contributed by atoms with Gasteiger partial charge in [-0.2, -0.15) is 0 Å². The molecule has 432 valence electrons. The molecule has 1 fully saturated rings. The van der Waals surface area contributed by atoms with E-state index in [1.807, 2.05) is 6.08 Å². The molecule has 76 heavy (non-hydrogen) atoms. The van der Waals surface area contributed by atoms with E-state index in [1.165, 1.54) is 89.9 Å². The maximum absolute atomic E-state index is 13.1. The van der Waals surface area contributed by atoms with E-state index in [9.17, 15) is 30.3 Å². The molecule has 0 radical (unpaired) electrons. The van der Waals surface area contributed by atoms with Crippen LogP contribution in [0.15, 0.2) is 134 Å². The number of hydrogen-bond acceptors (Lipinski definition) is 8. The van der Waals surface area contributed by atoms with Gasteiger partial charge in [0, 0.05) is 6.42 Å². The number of aliphatic hydroxyl groups is 5. The molecule has 1 aliphatic rings. The number of carbonyl (C=O) groups excluding carboxylic acids is 1. The van der Waals surface area contributed by atoms with Crippen LogP contribution in [0.3, 0.4) is 0 Å². The van der Waals surface area contributed by atoms with Crippen molar-refractivity contribution in [1.82, 2.24) is 5.32 Å². The van der Waals surface area contributed by atoms with Crippen LogP contribution in [0.5, 0.6) is 0 Å². The lowest BCUT2D eigenvalue weighted by Gasteiger charge is -2.40. The number of ether oxygens (including phenoxy) is 2. The van der Waals surface area contributed by atoms with Crippen LogP contribution >= 0.6 is 0 Å². The molecule has 1 saturated heterocycles. The van der Waals surface area contributed by atoms with Gasteiger partial charge in [0.15, 0.2) is 6.29 Å². The molecule has 1 aliphatic heterocycles. The Morgan fingerprint density at radius 1 is 0.461 bits per heavy atom. The molecule has 9 nitrogen and oxygen atoms in total. The van der Waals surface area contributed by atoms with Gasteiger partial charge in [-0.25, -0.2) is 0 Å². The van der Waals surface area contributed by atoms with Crippen LogP contribution in [0.2, 0.25) is 0 Å². The molecule has 0 aromatic heterocycles. The van der Waals surface area contributed by atoms with Gasteiger partial charge < -0.3 is 40.3 Å². The van der Waals surface area contributed by atoms with E-state index in [2.05, 4.69) is 141 Å². The molecule has 0 saturated carbocycles. The van der Waals surface area contributed by atoms with E-state index in [-0.39, 0.29) is 12.5 Å². The second-order valence-electron chi connectivity index (χ2n) is 20.4. The fourth-order valence-corrected chi connectivity index (χ4v) is 8.67. The van der Waals surface area contributed by atoms with Crippen LogP contribution in [0, 0.1) is 0 Å². The molecule has 1 rings (SSSR count). The van der Waals surface area contributed by atoms with Gasteiger partial charge in [-0.3, -0.25) is 4.79 Å². The van der Waals surface area contributed by atoms with Crippen molar-refractivity contribution >= 4 is 5.91 Å². The first-order valence-corrected chi connectivity index (χ1v) is 30.4. The van der Waals surface area contributed by atoms with Gasteiger partial charge >= 0.3 is 0 Å². The second-order valence-corrected chi connectivity index (χ2v) is 20.4. The average Bonchev–Trinajstić information content (AvgIpc) is 3.42. The summed E-state index contributed by atoms with van der Waals surface area (Å²) < 4.78 is 11.3. The van der Waals surface area contributed by atoms with E-state index >= 15 is 0 Å². The van der Waals surface area contributed by atoms with Crippen molar-refractivity contribution in [2.45, 2.75) is 269 Å². The molecule has 9 heteroatoms. The van der Waals surface area contributed by atoms with Crippen LogP contribution in [0.1, 0.15) is 226 Å². The Morgan fingerprint density at radius 3 is 1.26 bits per heavy atom. The topological polar surface area (TPSA) is 149 Å². The van der Waals surface area contributed by atoms with Gasteiger partial charge in [0.2, 0.25) is 5.91 Å². The maximum Gasteiger partial charge on any atom is 0.220 e. The maximum atomic E-state index is 13.1. The third kappa shape index (κ3) is 43.3. The number of hydrogen-bond donors (Lipinski definition) is 6. The van der Waals surface area contributed by atoms with Crippen molar-refractivity contribution < 1.29 is 39.8 Å². The first-order valence-electron chi connectivity index (χ1n) is 30.4. The second kappa shape index (κ2) is 54.7. The summed E-state index contributed by atoms with van der Waals surface area (Å²) in [5.41, 5.74) is 0. The summed E-state index contributed by atoms with van der Waals surface area (Å²) in [6.07, 6.45) is 76.6. The van der Waals surface area contributed by atoms with Crippen molar-refractivity contribution in [3.63, 3.8) is 0 Å². The van der Waals surface area contributed by atoms with Crippen molar-refractivity contribution in [2.24, 2.45) is 0 Å². The minimum Gasteiger partial charge on any atom is -0.394 e. The summed E-state index contributed by atoms with van der Waals surface area (Å²) in [5.74, 6) is -0.205. The van der Waals surface area contributed by atoms with Gasteiger partial charge in [-0.1, -0.05) is 244 Å². The monoisotopic (exact) mass is 1060 g/mol. The smallest absolute Gasteiger partial charge is 0.220 e. The highest BCUT2D eigenvalue weighted by molar-refractivity contribution is 5.76. The predicted molar refractivity (Wildman–Crippen MR) is 322 cm³/mol. The Hall–Kier alpha value is -3.67. The highest BCUT2D eigenvalue weighted by atomic mass is 16.7. The van der Waals surface area contributed by atoms with Crippen LogP contribution < -0.4 is 5.32 Å². The molecule has 0 spiro atoms. The number of aliphatic hydroxyl groups excluding tert-OH is 5. The molecule has 1 heterocycles. The van der Waals surface area contributed by atoms with Crippen LogP contribution in [0.25, 0.3) is 0 Å². The van der Waals surface area contributed by atoms with Crippen molar-refractivity contribution in [2.75, 3.05) is 13.2 Å². The van der Waals surface area contributed by atoms with Crippen LogP contribution in [-0.4, -0.2) is 87.5 Å². The number of rotatable bonds is 50. The van der Waals surface area contributed by atoms with Crippen LogP contribution in [0.4, 0.5) is 0 Å². The first-order chi connectivity index (χ1) is 37.3. The Morgan fingerprint density at radius 2 is 0.829 bits per heavy atom. The lowest BCUT2D eigenvalue weighted by atomic mass is 9.99. The Balaban J connectivity index is 2.25. The van der Waals surface area contributed by atoms with Crippen molar-refractivity contribution in [3.8, 4) is 0 Å². The molecule has 7 atom stereocenters. The molecule has 0 aromatic carbocycles. The number of carbonyl (C=O) groups is 1. The summed E-state index contributed by atoms with van der Waals surface area (Å²) >= 11 is 0. The molecule has 7 unspecified atom stereocenters. The van der Waals surface area contributed by atoms with Gasteiger partial charge in [0.25, 0.3) is 0 Å². The SMILES string of the molecule is CC/C=C\C/C=C\C/C=C\C/C=C\C/C=C\C/C=C\C/C=C\C/C=C\CCCCCCCCCCC(=O)NC(COC1OC(CO)C(O)C(O)C1O)C(O)/C=C/CC/C=C/CC/C=C/CCCCCCCCCCCC. The van der Waals surface area contributed by atoms with E-state index in [1.54, 1.807) is 6.08 Å². The Labute approximate surface area is 464 Å². The lowest BCUT2D eigenvalue weighted by Crippen LogP contribution is -2.60. The Kier molecular flexibility index (Phi) is 50.6. The highest BCUT2D eigenvalue weighted by Gasteiger charge is 2.44. The predicted octanol–water partition coefficient (Wildman–Crippen LogP) is 15.7. The van der Waals surface area contributed by atoms with E-state index < -0.39 is 49.5 Å². The average molecular weight is 1060 g/mol. The summed E-state index contributed by atoms with van der Waals surface area (Å²) in [7, 11) is 0. The molecule has 0 aromatic rings. The standard InChI is InChI=1S/C67H111NO8/c1-3-5-7-9-11-13-15-17-19-21-23-25-26-27-28-29-30-31-32-33-34-35-36-37-39-41-43-45-47-49-51-53-55-57-63(71)68-60(59-75-67-66(74)65(73)64(72)62(58-69)76-67)61(70)56-54-52-50-48-46-44-42-40-38-24-22-20-18-16-14-12-10-8-6-4-2/h5,7,11,13,17,19,23,25,27-28,30-31,33-34,36-38,40,46,48,54,56,60-62,64-67,69-70,72-74H,3-4,6,8-10,12,14-16,18,20-22,24,26,29,32,35,39,41-45,47,49-53,55,57-59H2,1-2H3,(H,68,71)/b7-5-,13-11-,19-17-,25-23-,28-27-,31-30-,34-33-,37-36-,40-38+,48-46+,56-54+. The number of allylic oxidation sites excluding steroid dienone is 21. The largest absolute Gasteiger partial charge is 0.394 e. The molecule has 6 N–H and O–H groups in total. The van der Waals surface area contributed by atoms with E-state index in [0.29, 0.717) is 6.42 Å². The summed E-state index contributed by atoms with van der Waals surface area (Å²) in [6.45, 7) is 3.63. The van der Waals surface area contributed by atoms with Gasteiger partial charge in [0.1, 0.15) is 24.4 Å². The number of unbranched alkanes of at least 4 members (excludes halogenated alkanes) is 20. The third-order valence-electron chi connectivity index (χ3n) is 13.4. The highest BCUT2D eigenvalue weighted by Crippen LogP contribution is 2.23. The van der Waals surface area contributed by atoms with Gasteiger partial charge in [-0.05, 0) is 109 Å². The third-order valence-corrected chi connectivity index (χ3v) is 13.4. The molecule has 0 aliphatic carbocycles. The zero-order valence-electron chi connectivity index (χ0n) is 48.0. The Bertz CT molecular complexity index is 1650. The number of nitrogens with one attached hydrogen (secondary N) is 1. The van der Waals surface area contributed by atoms with Gasteiger partial charge in [-0.15, -0.1) is 0 Å². The normalized spacial score (nSPS) is 19.8. The minimum atomic E-state index is -1.58. The fourth-order valence-electron chi connectivity index (χ4n) is 8.67. The molecule has 1 amide bonds. The zero-order valence-corrected chi connectivity index (χ0v) is 48.0. The van der Waals surface area contributed by atoms with Crippen molar-refractivity contribution in [1.29, 1.82) is 0 Å². The zero-order chi connectivity index (χ0) is 55.0. The lowest BCUT2D eigenvalue weighted by molar-refractivity contribution is -0.302. The van der Waals surface area contributed by atoms with Crippen LogP contribution in [-0.2, 0) is 14.3 Å². The van der Waals surface area contributed by atoms with Crippen molar-refractivity contribution in [3.05, 3.63) is 134 Å². The quantitative estimate of drug-likeness (QED) is 0.0261. The molecular formula is C67H111NO8. The summed E-state index contributed by atoms with van der Waals surface area (Å²) in [4.78, 5) is 13.1. The van der Waals surface area contributed by atoms with E-state index in [4.69, 9.17) is 9.47 Å². The molecular weight excluding hydrogens is 947 g/mol. The summed E-state index contributed by atoms with van der Waals surface area (Å²) in [5, 5.41) is 54.5. The summed E-state index contributed by atoms with van der Waals surface area (Å²) in [6, 6.07) is -0.843. The number of amides is 1. The van der Waals surface area contributed by atoms with E-state index in [0.717, 1.165) is 116 Å².